The van der Waals surface area contributed by atoms with Gasteiger partial charge in [0.25, 0.3) is 5.56 Å². The Balaban J connectivity index is 1.82. The number of rotatable bonds is 2. The summed E-state index contributed by atoms with van der Waals surface area (Å²) in [7, 11) is 0. The molecule has 2 aromatic carbocycles. The van der Waals surface area contributed by atoms with Crippen LogP contribution in [0.1, 0.15) is 5.56 Å². The van der Waals surface area contributed by atoms with Crippen molar-refractivity contribution in [2.75, 3.05) is 0 Å². The van der Waals surface area contributed by atoms with E-state index < -0.39 is 0 Å². The molecule has 23 heavy (non-hydrogen) atoms. The zero-order valence-electron chi connectivity index (χ0n) is 11.9. The SMILES string of the molecule is O=c1/c(=C/C=C/c2ccccc2Cl)sc2nc3ccccc3n12. The van der Waals surface area contributed by atoms with E-state index >= 15 is 0 Å². The summed E-state index contributed by atoms with van der Waals surface area (Å²) in [6.45, 7) is 0. The lowest BCUT2D eigenvalue weighted by molar-refractivity contribution is 1.19. The predicted octanol–water partition coefficient (Wildman–Crippen LogP) is 3.78. The van der Waals surface area contributed by atoms with Crippen LogP contribution >= 0.6 is 22.9 Å². The van der Waals surface area contributed by atoms with E-state index in [1.807, 2.05) is 60.7 Å². The van der Waals surface area contributed by atoms with Gasteiger partial charge < -0.3 is 0 Å². The third kappa shape index (κ3) is 2.46. The van der Waals surface area contributed by atoms with Crippen molar-refractivity contribution in [2.24, 2.45) is 0 Å². The minimum atomic E-state index is -0.0393. The highest BCUT2D eigenvalue weighted by Gasteiger charge is 2.09. The zero-order valence-corrected chi connectivity index (χ0v) is 13.5. The van der Waals surface area contributed by atoms with Crippen molar-refractivity contribution >= 4 is 51.1 Å². The first kappa shape index (κ1) is 14.2. The number of para-hydroxylation sites is 2. The van der Waals surface area contributed by atoms with Gasteiger partial charge in [-0.1, -0.05) is 65.4 Å². The molecule has 112 valence electrons. The lowest BCUT2D eigenvalue weighted by atomic mass is 10.2. The summed E-state index contributed by atoms with van der Waals surface area (Å²) in [6, 6.07) is 15.2. The van der Waals surface area contributed by atoms with Crippen LogP contribution in [0.2, 0.25) is 5.02 Å². The van der Waals surface area contributed by atoms with Gasteiger partial charge in [0.15, 0.2) is 4.96 Å². The first-order valence-corrected chi connectivity index (χ1v) is 8.26. The predicted molar refractivity (Wildman–Crippen MR) is 97.0 cm³/mol. The highest BCUT2D eigenvalue weighted by atomic mass is 35.5. The van der Waals surface area contributed by atoms with Gasteiger partial charge in [-0.15, -0.1) is 0 Å². The van der Waals surface area contributed by atoms with Crippen LogP contribution < -0.4 is 10.1 Å². The number of hydrogen-bond donors (Lipinski definition) is 0. The molecule has 0 bridgehead atoms. The zero-order chi connectivity index (χ0) is 15.8. The molecule has 0 unspecified atom stereocenters. The van der Waals surface area contributed by atoms with Crippen LogP contribution in [0.25, 0.3) is 28.1 Å². The second kappa shape index (κ2) is 5.65. The molecule has 2 aromatic heterocycles. The quantitative estimate of drug-likeness (QED) is 0.557. The molecule has 0 aliphatic heterocycles. The van der Waals surface area contributed by atoms with Gasteiger partial charge in [0.1, 0.15) is 0 Å². The Hall–Kier alpha value is -2.43. The summed E-state index contributed by atoms with van der Waals surface area (Å²) in [5.74, 6) is 0. The standard InChI is InChI=1S/C18H11ClN2OS/c19-13-8-2-1-6-12(13)7-5-11-16-17(22)21-15-10-4-3-9-14(15)20-18(21)23-16/h1-11H/b7-5+,16-11-. The third-order valence-electron chi connectivity index (χ3n) is 3.57. The highest BCUT2D eigenvalue weighted by Crippen LogP contribution is 2.17. The van der Waals surface area contributed by atoms with Crippen molar-refractivity contribution in [1.82, 2.24) is 9.38 Å². The lowest BCUT2D eigenvalue weighted by Gasteiger charge is -1.94. The fourth-order valence-corrected chi connectivity index (χ4v) is 3.61. The molecule has 0 fully saturated rings. The average molecular weight is 339 g/mol. The van der Waals surface area contributed by atoms with Crippen LogP contribution in [-0.2, 0) is 0 Å². The van der Waals surface area contributed by atoms with Crippen LogP contribution in [-0.4, -0.2) is 9.38 Å². The van der Waals surface area contributed by atoms with E-state index in [2.05, 4.69) is 4.98 Å². The molecular formula is C18H11ClN2OS. The molecule has 0 saturated carbocycles. The maximum Gasteiger partial charge on any atom is 0.274 e. The second-order valence-electron chi connectivity index (χ2n) is 5.04. The normalized spacial score (nSPS) is 12.8. The summed E-state index contributed by atoms with van der Waals surface area (Å²) in [4.78, 5) is 17.8. The van der Waals surface area contributed by atoms with Gasteiger partial charge in [-0.05, 0) is 29.8 Å². The number of halogens is 1. The van der Waals surface area contributed by atoms with Crippen molar-refractivity contribution < 1.29 is 0 Å². The monoisotopic (exact) mass is 338 g/mol. The van der Waals surface area contributed by atoms with E-state index in [0.717, 1.165) is 16.6 Å². The summed E-state index contributed by atoms with van der Waals surface area (Å²) < 4.78 is 2.32. The number of hydrogen-bond acceptors (Lipinski definition) is 3. The Bertz CT molecular complexity index is 1160. The third-order valence-corrected chi connectivity index (χ3v) is 4.91. The number of aromatic nitrogens is 2. The van der Waals surface area contributed by atoms with Gasteiger partial charge in [-0.2, -0.15) is 0 Å². The average Bonchev–Trinajstić information content (AvgIpc) is 3.06. The van der Waals surface area contributed by atoms with E-state index in [0.29, 0.717) is 14.5 Å². The van der Waals surface area contributed by atoms with Crippen LogP contribution in [0, 0.1) is 0 Å². The summed E-state index contributed by atoms with van der Waals surface area (Å²) >= 11 is 7.50. The van der Waals surface area contributed by atoms with Gasteiger partial charge in [-0.25, -0.2) is 9.38 Å². The summed E-state index contributed by atoms with van der Waals surface area (Å²) in [5.41, 5.74) is 2.57. The molecule has 0 amide bonds. The summed E-state index contributed by atoms with van der Waals surface area (Å²) in [5, 5.41) is 0.687. The van der Waals surface area contributed by atoms with E-state index in [9.17, 15) is 4.79 Å². The molecular weight excluding hydrogens is 328 g/mol. The number of thiazole rings is 1. The van der Waals surface area contributed by atoms with Gasteiger partial charge in [0, 0.05) is 5.02 Å². The van der Waals surface area contributed by atoms with Crippen molar-refractivity contribution in [1.29, 1.82) is 0 Å². The maximum atomic E-state index is 12.6. The fourth-order valence-electron chi connectivity index (χ4n) is 2.48. The number of fused-ring (bicyclic) bond motifs is 3. The Morgan fingerprint density at radius 3 is 2.74 bits per heavy atom. The van der Waals surface area contributed by atoms with Gasteiger partial charge in [0.05, 0.1) is 15.6 Å². The van der Waals surface area contributed by atoms with Gasteiger partial charge in [-0.3, -0.25) is 4.79 Å². The molecule has 0 atom stereocenters. The van der Waals surface area contributed by atoms with Crippen molar-refractivity contribution in [3.63, 3.8) is 0 Å². The molecule has 3 nitrogen and oxygen atoms in total. The molecule has 0 N–H and O–H groups in total. The van der Waals surface area contributed by atoms with Gasteiger partial charge >= 0.3 is 0 Å². The fraction of sp³-hybridized carbons (Fsp3) is 0. The van der Waals surface area contributed by atoms with Crippen LogP contribution in [0.5, 0.6) is 0 Å². The van der Waals surface area contributed by atoms with E-state index in [1.54, 1.807) is 10.5 Å². The van der Waals surface area contributed by atoms with Gasteiger partial charge in [0.2, 0.25) is 0 Å². The molecule has 4 rings (SSSR count). The number of imidazole rings is 1. The number of benzene rings is 2. The molecule has 0 aliphatic carbocycles. The van der Waals surface area contributed by atoms with Crippen molar-refractivity contribution in [3.05, 3.63) is 80.1 Å². The number of nitrogens with zero attached hydrogens (tertiary/aromatic N) is 2. The smallest absolute Gasteiger partial charge is 0.267 e. The Kier molecular flexibility index (Phi) is 3.48. The van der Waals surface area contributed by atoms with Crippen molar-refractivity contribution in [2.45, 2.75) is 0 Å². The number of allylic oxidation sites excluding steroid dienone is 1. The van der Waals surface area contributed by atoms with E-state index in [1.165, 1.54) is 11.3 Å². The van der Waals surface area contributed by atoms with E-state index in [4.69, 9.17) is 11.6 Å². The molecule has 4 aromatic rings. The summed E-state index contributed by atoms with van der Waals surface area (Å²) in [6.07, 6.45) is 5.54. The Labute approximate surface area is 140 Å². The Morgan fingerprint density at radius 1 is 1.09 bits per heavy atom. The van der Waals surface area contributed by atoms with E-state index in [-0.39, 0.29) is 5.56 Å². The minimum Gasteiger partial charge on any atom is -0.267 e. The molecule has 2 heterocycles. The molecule has 0 spiro atoms. The van der Waals surface area contributed by atoms with Crippen LogP contribution in [0.3, 0.4) is 0 Å². The lowest BCUT2D eigenvalue weighted by Crippen LogP contribution is -2.22. The molecule has 0 aliphatic rings. The Morgan fingerprint density at radius 2 is 1.87 bits per heavy atom. The maximum absolute atomic E-state index is 12.6. The highest BCUT2D eigenvalue weighted by molar-refractivity contribution is 7.15. The minimum absolute atomic E-state index is 0.0393. The first-order chi connectivity index (χ1) is 11.2. The van der Waals surface area contributed by atoms with Crippen LogP contribution in [0.4, 0.5) is 0 Å². The molecule has 0 radical (unpaired) electrons. The first-order valence-electron chi connectivity index (χ1n) is 7.07. The molecule has 5 heteroatoms. The van der Waals surface area contributed by atoms with Crippen LogP contribution in [0.15, 0.2) is 59.4 Å². The largest absolute Gasteiger partial charge is 0.274 e. The van der Waals surface area contributed by atoms with Crippen molar-refractivity contribution in [3.8, 4) is 0 Å². The molecule has 0 saturated heterocycles. The second-order valence-corrected chi connectivity index (χ2v) is 6.45. The topological polar surface area (TPSA) is 34.4 Å².